The number of hydrogen-bond donors (Lipinski definition) is 0. The molecule has 0 N–H and O–H groups in total. The van der Waals surface area contributed by atoms with Gasteiger partial charge in [0, 0.05) is 51.4 Å². The molecular weight excluding hydrogens is 494 g/mol. The number of piperazine rings is 1. The molecule has 2 saturated heterocycles. The van der Waals surface area contributed by atoms with Crippen LogP contribution in [0.1, 0.15) is 35.7 Å². The van der Waals surface area contributed by atoms with Gasteiger partial charge in [0.15, 0.2) is 0 Å². The molecule has 0 saturated carbocycles. The molecule has 2 aliphatic rings. The van der Waals surface area contributed by atoms with E-state index in [1.807, 2.05) is 35.2 Å². The van der Waals surface area contributed by atoms with Crippen LogP contribution in [0.15, 0.2) is 59.5 Å². The van der Waals surface area contributed by atoms with Gasteiger partial charge in [0.05, 0.1) is 18.1 Å². The van der Waals surface area contributed by atoms with E-state index in [2.05, 4.69) is 0 Å². The molecule has 2 aliphatic heterocycles. The lowest BCUT2D eigenvalue weighted by molar-refractivity contribution is 0.0478. The zero-order chi connectivity index (χ0) is 26.3. The first-order valence-corrected chi connectivity index (χ1v) is 14.3. The molecule has 9 nitrogen and oxygen atoms in total. The van der Waals surface area contributed by atoms with E-state index in [9.17, 15) is 18.0 Å². The molecule has 4 rings (SSSR count). The third-order valence-corrected chi connectivity index (χ3v) is 8.78. The highest BCUT2D eigenvalue weighted by molar-refractivity contribution is 7.89. The Bertz CT molecular complexity index is 1140. The van der Waals surface area contributed by atoms with Crippen LogP contribution in [-0.2, 0) is 26.1 Å². The summed E-state index contributed by atoms with van der Waals surface area (Å²) in [7, 11) is -3.71. The minimum atomic E-state index is -3.71. The Balaban J connectivity index is 1.25. The van der Waals surface area contributed by atoms with Crippen LogP contribution in [0.2, 0.25) is 0 Å². The van der Waals surface area contributed by atoms with Crippen LogP contribution in [0.25, 0.3) is 0 Å². The maximum absolute atomic E-state index is 13.1. The number of benzene rings is 2. The molecule has 200 valence electrons. The number of sulfonamides is 1. The number of hydrogen-bond acceptors (Lipinski definition) is 6. The number of likely N-dealkylation sites (tertiary alicyclic amines) is 1. The van der Waals surface area contributed by atoms with Crippen LogP contribution in [0.4, 0.5) is 4.79 Å². The predicted octanol–water partition coefficient (Wildman–Crippen LogP) is 3.22. The van der Waals surface area contributed by atoms with Crippen LogP contribution < -0.4 is 0 Å². The van der Waals surface area contributed by atoms with Crippen molar-refractivity contribution in [2.75, 3.05) is 52.5 Å². The van der Waals surface area contributed by atoms with E-state index in [0.717, 1.165) is 18.4 Å². The van der Waals surface area contributed by atoms with Gasteiger partial charge in [0.2, 0.25) is 10.0 Å². The van der Waals surface area contributed by atoms with Crippen molar-refractivity contribution in [3.63, 3.8) is 0 Å². The van der Waals surface area contributed by atoms with E-state index in [4.69, 9.17) is 9.47 Å². The van der Waals surface area contributed by atoms with Gasteiger partial charge in [-0.3, -0.25) is 4.79 Å². The van der Waals surface area contributed by atoms with Crippen molar-refractivity contribution in [3.8, 4) is 0 Å². The minimum absolute atomic E-state index is 0.0874. The van der Waals surface area contributed by atoms with Crippen molar-refractivity contribution in [2.45, 2.75) is 31.3 Å². The number of carbonyl (C=O) groups excluding carboxylic acids is 2. The van der Waals surface area contributed by atoms with Crippen LogP contribution in [0.5, 0.6) is 0 Å². The van der Waals surface area contributed by atoms with Crippen molar-refractivity contribution >= 4 is 22.0 Å². The van der Waals surface area contributed by atoms with Gasteiger partial charge in [-0.05, 0) is 55.5 Å². The molecule has 2 fully saturated rings. The first-order valence-electron chi connectivity index (χ1n) is 12.8. The van der Waals surface area contributed by atoms with E-state index in [0.29, 0.717) is 37.8 Å². The maximum Gasteiger partial charge on any atom is 0.409 e. The quantitative estimate of drug-likeness (QED) is 0.521. The van der Waals surface area contributed by atoms with E-state index in [-0.39, 0.29) is 43.6 Å². The molecule has 0 aliphatic carbocycles. The van der Waals surface area contributed by atoms with Gasteiger partial charge in [0.25, 0.3) is 5.91 Å². The predicted molar refractivity (Wildman–Crippen MR) is 139 cm³/mol. The zero-order valence-electron chi connectivity index (χ0n) is 21.3. The second-order valence-electron chi connectivity index (χ2n) is 9.35. The standard InChI is InChI=1S/C27H35N3O6S/c1-2-36-27(32)29-16-18-30(19-17-29)37(33,34)25-10-8-24(9-11-25)26(31)28-14-12-23(13-15-28)21-35-20-22-6-4-3-5-7-22/h3-11,23H,2,12-21H2,1H3. The SMILES string of the molecule is CCOC(=O)N1CCN(S(=O)(=O)c2ccc(C(=O)N3CCC(COCc4ccccc4)CC3)cc2)CC1. The molecule has 10 heteroatoms. The fraction of sp³-hybridized carbons (Fsp3) is 0.481. The van der Waals surface area contributed by atoms with Gasteiger partial charge in [0.1, 0.15) is 0 Å². The fourth-order valence-corrected chi connectivity index (χ4v) is 6.07. The number of ether oxygens (including phenoxy) is 2. The summed E-state index contributed by atoms with van der Waals surface area (Å²) in [6.45, 7) is 5.56. The number of amides is 2. The number of piperidine rings is 1. The molecular formula is C27H35N3O6S. The molecule has 0 radical (unpaired) electrons. The number of carbonyl (C=O) groups is 2. The Morgan fingerprint density at radius 1 is 0.865 bits per heavy atom. The highest BCUT2D eigenvalue weighted by Gasteiger charge is 2.31. The maximum atomic E-state index is 13.1. The summed E-state index contributed by atoms with van der Waals surface area (Å²) in [5.74, 6) is 0.334. The Morgan fingerprint density at radius 2 is 1.51 bits per heavy atom. The fourth-order valence-electron chi connectivity index (χ4n) is 4.65. The van der Waals surface area contributed by atoms with Crippen molar-refractivity contribution in [2.24, 2.45) is 5.92 Å². The van der Waals surface area contributed by atoms with Crippen molar-refractivity contribution in [3.05, 3.63) is 65.7 Å². The summed E-state index contributed by atoms with van der Waals surface area (Å²) in [6.07, 6.45) is 1.33. The lowest BCUT2D eigenvalue weighted by atomic mass is 9.97. The summed E-state index contributed by atoms with van der Waals surface area (Å²) in [5.41, 5.74) is 1.63. The van der Waals surface area contributed by atoms with Gasteiger partial charge < -0.3 is 19.3 Å². The van der Waals surface area contributed by atoms with E-state index in [1.165, 1.54) is 21.3 Å². The Kier molecular flexibility index (Phi) is 9.18. The van der Waals surface area contributed by atoms with E-state index < -0.39 is 16.1 Å². The Labute approximate surface area is 219 Å². The second-order valence-corrected chi connectivity index (χ2v) is 11.3. The third-order valence-electron chi connectivity index (χ3n) is 6.87. The molecule has 0 unspecified atom stereocenters. The van der Waals surface area contributed by atoms with Gasteiger partial charge in [-0.15, -0.1) is 0 Å². The van der Waals surface area contributed by atoms with Crippen LogP contribution in [-0.4, -0.2) is 87.0 Å². The van der Waals surface area contributed by atoms with Crippen LogP contribution >= 0.6 is 0 Å². The Morgan fingerprint density at radius 3 is 2.14 bits per heavy atom. The smallest absolute Gasteiger partial charge is 0.409 e. The largest absolute Gasteiger partial charge is 0.450 e. The van der Waals surface area contributed by atoms with Gasteiger partial charge in [-0.2, -0.15) is 4.31 Å². The molecule has 2 aromatic rings. The number of nitrogens with zero attached hydrogens (tertiary/aromatic N) is 3. The lowest BCUT2D eigenvalue weighted by Gasteiger charge is -2.33. The second kappa shape index (κ2) is 12.5. The van der Waals surface area contributed by atoms with Gasteiger partial charge in [-0.25, -0.2) is 13.2 Å². The molecule has 2 aromatic carbocycles. The Hall–Kier alpha value is -2.95. The van der Waals surface area contributed by atoms with E-state index >= 15 is 0 Å². The average molecular weight is 530 g/mol. The van der Waals surface area contributed by atoms with E-state index in [1.54, 1.807) is 19.1 Å². The monoisotopic (exact) mass is 529 g/mol. The van der Waals surface area contributed by atoms with Gasteiger partial charge >= 0.3 is 6.09 Å². The molecule has 0 aromatic heterocycles. The summed E-state index contributed by atoms with van der Waals surface area (Å²) >= 11 is 0. The van der Waals surface area contributed by atoms with Crippen LogP contribution in [0.3, 0.4) is 0 Å². The third kappa shape index (κ3) is 6.88. The summed E-state index contributed by atoms with van der Waals surface area (Å²) in [6, 6.07) is 16.2. The molecule has 2 amide bonds. The average Bonchev–Trinajstić information content (AvgIpc) is 2.94. The molecule has 0 spiro atoms. The van der Waals surface area contributed by atoms with Crippen LogP contribution in [0, 0.1) is 5.92 Å². The topological polar surface area (TPSA) is 96.5 Å². The van der Waals surface area contributed by atoms with Crippen molar-refractivity contribution in [1.82, 2.24) is 14.1 Å². The highest BCUT2D eigenvalue weighted by atomic mass is 32.2. The molecule has 0 atom stereocenters. The number of rotatable bonds is 8. The zero-order valence-corrected chi connectivity index (χ0v) is 22.1. The summed E-state index contributed by atoms with van der Waals surface area (Å²) in [5, 5.41) is 0. The molecule has 2 heterocycles. The summed E-state index contributed by atoms with van der Waals surface area (Å²) in [4.78, 5) is 28.4. The van der Waals surface area contributed by atoms with Crippen molar-refractivity contribution < 1.29 is 27.5 Å². The first-order chi connectivity index (χ1) is 17.9. The molecule has 0 bridgehead atoms. The normalized spacial score (nSPS) is 17.5. The summed E-state index contributed by atoms with van der Waals surface area (Å²) < 4.78 is 38.4. The first kappa shape index (κ1) is 27.1. The minimum Gasteiger partial charge on any atom is -0.450 e. The molecule has 37 heavy (non-hydrogen) atoms. The van der Waals surface area contributed by atoms with Gasteiger partial charge in [-0.1, -0.05) is 30.3 Å². The van der Waals surface area contributed by atoms with Crippen molar-refractivity contribution in [1.29, 1.82) is 0 Å². The lowest BCUT2D eigenvalue weighted by Crippen LogP contribution is -2.50. The highest BCUT2D eigenvalue weighted by Crippen LogP contribution is 2.22.